The second-order valence-corrected chi connectivity index (χ2v) is 4.77. The second-order valence-electron chi connectivity index (χ2n) is 4.77. The number of nitrogens with two attached hydrogens (primary N) is 1. The molecule has 0 unspecified atom stereocenters. The van der Waals surface area contributed by atoms with E-state index in [1.807, 2.05) is 22.8 Å². The molecule has 1 atom stereocenters. The zero-order valence-electron chi connectivity index (χ0n) is 11.3. The number of hydrogen-bond donors (Lipinski definition) is 1. The van der Waals surface area contributed by atoms with Crippen molar-refractivity contribution in [3.8, 4) is 0 Å². The summed E-state index contributed by atoms with van der Waals surface area (Å²) in [4.78, 5) is 13.6. The molecule has 2 heterocycles. The van der Waals surface area contributed by atoms with Crippen LogP contribution >= 0.6 is 24.8 Å². The highest BCUT2D eigenvalue weighted by Gasteiger charge is 2.26. The number of nitrogens with zero attached hydrogens (tertiary/aromatic N) is 3. The highest BCUT2D eigenvalue weighted by Crippen LogP contribution is 2.27. The number of aromatic nitrogens is 2. The van der Waals surface area contributed by atoms with Gasteiger partial charge in [0.2, 0.25) is 5.91 Å². The van der Waals surface area contributed by atoms with E-state index < -0.39 is 0 Å². The van der Waals surface area contributed by atoms with Crippen molar-refractivity contribution in [2.45, 2.75) is 31.7 Å². The Bertz CT molecular complexity index is 400. The van der Waals surface area contributed by atoms with E-state index in [-0.39, 0.29) is 36.8 Å². The second kappa shape index (κ2) is 7.72. The molecule has 1 amide bonds. The lowest BCUT2D eigenvalue weighted by Crippen LogP contribution is -2.45. The van der Waals surface area contributed by atoms with Gasteiger partial charge in [0.15, 0.2) is 0 Å². The summed E-state index contributed by atoms with van der Waals surface area (Å²) >= 11 is 0. The van der Waals surface area contributed by atoms with Crippen molar-refractivity contribution in [3.63, 3.8) is 0 Å². The number of hydrogen-bond acceptors (Lipinski definition) is 3. The Morgan fingerprint density at radius 3 is 2.42 bits per heavy atom. The average molecular weight is 309 g/mol. The van der Waals surface area contributed by atoms with Gasteiger partial charge in [-0.2, -0.15) is 5.10 Å². The van der Waals surface area contributed by atoms with Crippen LogP contribution in [-0.2, 0) is 11.8 Å². The number of rotatable bonds is 2. The van der Waals surface area contributed by atoms with E-state index >= 15 is 0 Å². The monoisotopic (exact) mass is 308 g/mol. The topological polar surface area (TPSA) is 64.2 Å². The van der Waals surface area contributed by atoms with Gasteiger partial charge >= 0.3 is 0 Å². The molecule has 5 nitrogen and oxygen atoms in total. The van der Waals surface area contributed by atoms with Crippen molar-refractivity contribution in [1.82, 2.24) is 14.7 Å². The van der Waals surface area contributed by atoms with Crippen LogP contribution in [0.5, 0.6) is 0 Å². The maximum absolute atomic E-state index is 11.7. The zero-order valence-corrected chi connectivity index (χ0v) is 12.9. The SMILES string of the molecule is C[C@@H](N)C(=O)N1CCC(c2ccnn2C)CC1.Cl.Cl. The Kier molecular flexibility index (Phi) is 7.41. The maximum Gasteiger partial charge on any atom is 0.239 e. The predicted molar refractivity (Wildman–Crippen MR) is 79.9 cm³/mol. The summed E-state index contributed by atoms with van der Waals surface area (Å²) in [5, 5.41) is 4.19. The summed E-state index contributed by atoms with van der Waals surface area (Å²) in [5.41, 5.74) is 6.88. The summed E-state index contributed by atoms with van der Waals surface area (Å²) in [6.07, 6.45) is 3.82. The lowest BCUT2D eigenvalue weighted by atomic mass is 9.93. The van der Waals surface area contributed by atoms with Gasteiger partial charge in [-0.05, 0) is 25.8 Å². The van der Waals surface area contributed by atoms with Crippen LogP contribution in [-0.4, -0.2) is 39.7 Å². The molecule has 19 heavy (non-hydrogen) atoms. The number of carbonyl (C=O) groups is 1. The van der Waals surface area contributed by atoms with Gasteiger partial charge in [0, 0.05) is 37.9 Å². The molecule has 110 valence electrons. The quantitative estimate of drug-likeness (QED) is 0.896. The third-order valence-corrected chi connectivity index (χ3v) is 3.47. The van der Waals surface area contributed by atoms with Gasteiger partial charge in [0.25, 0.3) is 0 Å². The largest absolute Gasteiger partial charge is 0.341 e. The standard InChI is InChI=1S/C12H20N4O.2ClH/c1-9(13)12(17)16-7-4-10(5-8-16)11-3-6-14-15(11)2;;/h3,6,9-10H,4-5,7-8,13H2,1-2H3;2*1H/t9-;;/m1../s1. The fraction of sp³-hybridized carbons (Fsp3) is 0.667. The Morgan fingerprint density at radius 2 is 2.00 bits per heavy atom. The van der Waals surface area contributed by atoms with Crippen LogP contribution in [0.3, 0.4) is 0 Å². The van der Waals surface area contributed by atoms with E-state index in [1.165, 1.54) is 5.69 Å². The first kappa shape index (κ1) is 18.2. The van der Waals surface area contributed by atoms with E-state index in [2.05, 4.69) is 11.2 Å². The van der Waals surface area contributed by atoms with Crippen molar-refractivity contribution in [1.29, 1.82) is 0 Å². The molecule has 1 saturated heterocycles. The molecule has 1 fully saturated rings. The molecule has 1 aliphatic rings. The predicted octanol–water partition coefficient (Wildman–Crippen LogP) is 1.32. The van der Waals surface area contributed by atoms with Crippen LogP contribution in [0.25, 0.3) is 0 Å². The molecule has 0 bridgehead atoms. The number of piperidine rings is 1. The number of aryl methyl sites for hydroxylation is 1. The van der Waals surface area contributed by atoms with Gasteiger partial charge in [-0.25, -0.2) is 0 Å². The number of halogens is 2. The minimum atomic E-state index is -0.386. The summed E-state index contributed by atoms with van der Waals surface area (Å²) in [7, 11) is 1.97. The number of likely N-dealkylation sites (tertiary alicyclic amines) is 1. The zero-order chi connectivity index (χ0) is 12.4. The molecule has 2 N–H and O–H groups in total. The lowest BCUT2D eigenvalue weighted by molar-refractivity contribution is -0.133. The maximum atomic E-state index is 11.7. The molecule has 0 spiro atoms. The summed E-state index contributed by atoms with van der Waals surface area (Å²) in [6, 6.07) is 1.68. The number of carbonyl (C=O) groups excluding carboxylic acids is 1. The van der Waals surface area contributed by atoms with E-state index in [1.54, 1.807) is 6.92 Å². The van der Waals surface area contributed by atoms with Crippen molar-refractivity contribution in [2.24, 2.45) is 12.8 Å². The Labute approximate surface area is 126 Å². The third-order valence-electron chi connectivity index (χ3n) is 3.47. The summed E-state index contributed by atoms with van der Waals surface area (Å²) in [5.74, 6) is 0.577. The fourth-order valence-corrected chi connectivity index (χ4v) is 2.47. The van der Waals surface area contributed by atoms with E-state index in [0.29, 0.717) is 5.92 Å². The minimum absolute atomic E-state index is 0. The summed E-state index contributed by atoms with van der Waals surface area (Å²) < 4.78 is 1.92. The first-order valence-corrected chi connectivity index (χ1v) is 6.12. The molecule has 1 aromatic heterocycles. The van der Waals surface area contributed by atoms with E-state index in [4.69, 9.17) is 5.73 Å². The molecular formula is C12H22Cl2N4O. The lowest BCUT2D eigenvalue weighted by Gasteiger charge is -2.33. The summed E-state index contributed by atoms with van der Waals surface area (Å²) in [6.45, 7) is 3.35. The van der Waals surface area contributed by atoms with Crippen LogP contribution in [0.4, 0.5) is 0 Å². The van der Waals surface area contributed by atoms with E-state index in [0.717, 1.165) is 25.9 Å². The third kappa shape index (κ3) is 4.09. The molecule has 2 rings (SSSR count). The van der Waals surface area contributed by atoms with Crippen molar-refractivity contribution in [3.05, 3.63) is 18.0 Å². The van der Waals surface area contributed by atoms with Gasteiger partial charge in [0.05, 0.1) is 6.04 Å². The van der Waals surface area contributed by atoms with Crippen LogP contribution in [0, 0.1) is 0 Å². The molecule has 7 heteroatoms. The fourth-order valence-electron chi connectivity index (χ4n) is 2.47. The highest BCUT2D eigenvalue weighted by molar-refractivity contribution is 5.85. The van der Waals surface area contributed by atoms with Crippen LogP contribution in [0.2, 0.25) is 0 Å². The van der Waals surface area contributed by atoms with Gasteiger partial charge in [0.1, 0.15) is 0 Å². The minimum Gasteiger partial charge on any atom is -0.341 e. The van der Waals surface area contributed by atoms with Crippen molar-refractivity contribution >= 4 is 30.7 Å². The Morgan fingerprint density at radius 1 is 1.42 bits per heavy atom. The average Bonchev–Trinajstić information content (AvgIpc) is 2.74. The Hall–Kier alpha value is -0.780. The first-order valence-electron chi connectivity index (χ1n) is 6.12. The first-order chi connectivity index (χ1) is 8.09. The Balaban J connectivity index is 0.00000162. The molecular weight excluding hydrogens is 287 g/mol. The van der Waals surface area contributed by atoms with Crippen molar-refractivity contribution in [2.75, 3.05) is 13.1 Å². The molecule has 1 aromatic rings. The normalized spacial score (nSPS) is 17.3. The van der Waals surface area contributed by atoms with E-state index in [9.17, 15) is 4.79 Å². The van der Waals surface area contributed by atoms with Gasteiger partial charge in [-0.15, -0.1) is 24.8 Å². The van der Waals surface area contributed by atoms with Gasteiger partial charge < -0.3 is 10.6 Å². The number of amides is 1. The molecule has 0 aromatic carbocycles. The van der Waals surface area contributed by atoms with Gasteiger partial charge in [-0.1, -0.05) is 0 Å². The molecule has 0 aliphatic carbocycles. The van der Waals surface area contributed by atoms with Crippen LogP contribution in [0.15, 0.2) is 12.3 Å². The molecule has 0 radical (unpaired) electrons. The molecule has 0 saturated carbocycles. The van der Waals surface area contributed by atoms with Crippen LogP contribution in [0.1, 0.15) is 31.4 Å². The smallest absolute Gasteiger partial charge is 0.239 e. The van der Waals surface area contributed by atoms with Crippen molar-refractivity contribution < 1.29 is 4.79 Å². The highest BCUT2D eigenvalue weighted by atomic mass is 35.5. The van der Waals surface area contributed by atoms with Crippen LogP contribution < -0.4 is 5.73 Å². The van der Waals surface area contributed by atoms with Gasteiger partial charge in [-0.3, -0.25) is 9.48 Å². The molecule has 1 aliphatic heterocycles.